The Morgan fingerprint density at radius 1 is 1.38 bits per heavy atom. The van der Waals surface area contributed by atoms with Crippen molar-refractivity contribution < 1.29 is 9.32 Å². The van der Waals surface area contributed by atoms with Gasteiger partial charge in [-0.05, 0) is 38.2 Å². The highest BCUT2D eigenvalue weighted by Gasteiger charge is 2.16. The Kier molecular flexibility index (Phi) is 6.61. The van der Waals surface area contributed by atoms with Crippen LogP contribution in [0.25, 0.3) is 11.5 Å². The van der Waals surface area contributed by atoms with E-state index in [1.807, 2.05) is 0 Å². The van der Waals surface area contributed by atoms with Gasteiger partial charge < -0.3 is 15.2 Å². The van der Waals surface area contributed by atoms with Crippen LogP contribution in [-0.2, 0) is 4.79 Å². The Morgan fingerprint density at radius 3 is 2.67 bits per heavy atom. The second-order valence-electron chi connectivity index (χ2n) is 4.28. The van der Waals surface area contributed by atoms with Gasteiger partial charge in [0, 0.05) is 10.6 Å². The molecule has 0 fully saturated rings. The minimum Gasteiger partial charge on any atom is -0.345 e. The molecule has 2 N–H and O–H groups in total. The van der Waals surface area contributed by atoms with Crippen LogP contribution in [0.3, 0.4) is 0 Å². The topological polar surface area (TPSA) is 80.0 Å². The Bertz CT molecular complexity index is 586. The summed E-state index contributed by atoms with van der Waals surface area (Å²) in [6.45, 7) is 2.04. The molecule has 1 unspecified atom stereocenters. The van der Waals surface area contributed by atoms with Gasteiger partial charge >= 0.3 is 0 Å². The summed E-state index contributed by atoms with van der Waals surface area (Å²) in [7, 11) is 1.71. The van der Waals surface area contributed by atoms with Crippen LogP contribution in [0.1, 0.15) is 18.8 Å². The molecule has 6 nitrogen and oxygen atoms in total. The molecule has 8 heteroatoms. The molecule has 0 aliphatic rings. The average molecular weight is 331 g/mol. The van der Waals surface area contributed by atoms with E-state index in [1.54, 1.807) is 38.2 Å². The van der Waals surface area contributed by atoms with Gasteiger partial charge in [-0.15, -0.1) is 12.4 Å². The zero-order valence-corrected chi connectivity index (χ0v) is 13.2. The van der Waals surface area contributed by atoms with Crippen molar-refractivity contribution in [1.29, 1.82) is 0 Å². The Morgan fingerprint density at radius 2 is 2.05 bits per heavy atom. The fourth-order valence-electron chi connectivity index (χ4n) is 1.64. The van der Waals surface area contributed by atoms with E-state index in [4.69, 9.17) is 16.1 Å². The van der Waals surface area contributed by atoms with Crippen LogP contribution in [0.5, 0.6) is 0 Å². The SMILES string of the molecule is CNCC(=O)NC(C)c1noc(-c2ccc(Cl)cc2)n1.Cl. The van der Waals surface area contributed by atoms with Crippen molar-refractivity contribution in [3.63, 3.8) is 0 Å². The van der Waals surface area contributed by atoms with Crippen LogP contribution in [-0.4, -0.2) is 29.6 Å². The van der Waals surface area contributed by atoms with Gasteiger partial charge in [0.05, 0.1) is 12.6 Å². The number of nitrogens with one attached hydrogen (secondary N) is 2. The first-order valence-corrected chi connectivity index (χ1v) is 6.51. The van der Waals surface area contributed by atoms with E-state index in [-0.39, 0.29) is 30.9 Å². The zero-order valence-electron chi connectivity index (χ0n) is 11.6. The maximum Gasteiger partial charge on any atom is 0.257 e. The molecule has 2 rings (SSSR count). The fraction of sp³-hybridized carbons (Fsp3) is 0.308. The number of carbonyl (C=O) groups excluding carboxylic acids is 1. The van der Waals surface area contributed by atoms with Crippen LogP contribution in [0.2, 0.25) is 5.02 Å². The van der Waals surface area contributed by atoms with Crippen LogP contribution in [0.15, 0.2) is 28.8 Å². The molecule has 0 spiro atoms. The minimum absolute atomic E-state index is 0. The van der Waals surface area contributed by atoms with E-state index in [9.17, 15) is 4.79 Å². The third-order valence-electron chi connectivity index (χ3n) is 2.64. The average Bonchev–Trinajstić information content (AvgIpc) is 2.89. The number of hydrogen-bond acceptors (Lipinski definition) is 5. The normalized spacial score (nSPS) is 11.6. The molecule has 0 aliphatic carbocycles. The van der Waals surface area contributed by atoms with E-state index in [0.29, 0.717) is 16.7 Å². The smallest absolute Gasteiger partial charge is 0.257 e. The van der Waals surface area contributed by atoms with Gasteiger partial charge in [-0.3, -0.25) is 4.79 Å². The monoisotopic (exact) mass is 330 g/mol. The van der Waals surface area contributed by atoms with Crippen LogP contribution in [0, 0.1) is 0 Å². The summed E-state index contributed by atoms with van der Waals surface area (Å²) in [6.07, 6.45) is 0. The first-order chi connectivity index (χ1) is 9.60. The Labute approximate surface area is 133 Å². The summed E-state index contributed by atoms with van der Waals surface area (Å²) in [5.74, 6) is 0.698. The molecule has 114 valence electrons. The number of likely N-dealkylation sites (N-methyl/N-ethyl adjacent to an activating group) is 1. The molecule has 2 aromatic rings. The number of carbonyl (C=O) groups is 1. The summed E-state index contributed by atoms with van der Waals surface area (Å²) in [5, 5.41) is 10.0. The van der Waals surface area contributed by atoms with Crippen molar-refractivity contribution in [1.82, 2.24) is 20.8 Å². The Hall–Kier alpha value is -1.63. The van der Waals surface area contributed by atoms with Crippen molar-refractivity contribution >= 4 is 29.9 Å². The van der Waals surface area contributed by atoms with Gasteiger partial charge in [-0.1, -0.05) is 16.8 Å². The number of halogens is 2. The summed E-state index contributed by atoms with van der Waals surface area (Å²) in [5.41, 5.74) is 0.780. The number of nitrogens with zero attached hydrogens (tertiary/aromatic N) is 2. The number of amides is 1. The maximum absolute atomic E-state index is 11.5. The summed E-state index contributed by atoms with van der Waals surface area (Å²) in [4.78, 5) is 15.7. The van der Waals surface area contributed by atoms with Crippen molar-refractivity contribution in [3.8, 4) is 11.5 Å². The standard InChI is InChI=1S/C13H15ClN4O2.ClH/c1-8(16-11(19)7-15-2)12-17-13(20-18-12)9-3-5-10(14)6-4-9;/h3-6,8,15H,7H2,1-2H3,(H,16,19);1H. The lowest BCUT2D eigenvalue weighted by Gasteiger charge is -2.08. The molecule has 0 saturated heterocycles. The fourth-order valence-corrected chi connectivity index (χ4v) is 1.76. The molecule has 0 aliphatic heterocycles. The molecule has 1 aromatic carbocycles. The van der Waals surface area contributed by atoms with E-state index >= 15 is 0 Å². The minimum atomic E-state index is -0.319. The van der Waals surface area contributed by atoms with Crippen LogP contribution >= 0.6 is 24.0 Å². The second-order valence-corrected chi connectivity index (χ2v) is 4.72. The van der Waals surface area contributed by atoms with E-state index in [2.05, 4.69) is 20.8 Å². The third kappa shape index (κ3) is 4.70. The highest BCUT2D eigenvalue weighted by molar-refractivity contribution is 6.30. The first-order valence-electron chi connectivity index (χ1n) is 6.13. The van der Waals surface area contributed by atoms with Gasteiger partial charge in [0.15, 0.2) is 5.82 Å². The van der Waals surface area contributed by atoms with Gasteiger partial charge in [-0.2, -0.15) is 4.98 Å². The molecule has 1 atom stereocenters. The molecule has 1 aromatic heterocycles. The zero-order chi connectivity index (χ0) is 14.5. The molecule has 0 bridgehead atoms. The molecule has 1 heterocycles. The van der Waals surface area contributed by atoms with Gasteiger partial charge in [0.1, 0.15) is 0 Å². The maximum atomic E-state index is 11.5. The molecular formula is C13H16Cl2N4O2. The summed E-state index contributed by atoms with van der Waals surface area (Å²) >= 11 is 5.82. The first kappa shape index (κ1) is 17.4. The predicted molar refractivity (Wildman–Crippen MR) is 82.5 cm³/mol. The predicted octanol–water partition coefficient (Wildman–Crippen LogP) is 2.21. The Balaban J connectivity index is 0.00000220. The molecule has 0 radical (unpaired) electrons. The number of benzene rings is 1. The molecule has 1 amide bonds. The van der Waals surface area contributed by atoms with E-state index in [1.165, 1.54) is 0 Å². The number of aromatic nitrogens is 2. The highest BCUT2D eigenvalue weighted by atomic mass is 35.5. The number of rotatable bonds is 5. The van der Waals surface area contributed by atoms with Gasteiger partial charge in [0.25, 0.3) is 5.89 Å². The van der Waals surface area contributed by atoms with Crippen LogP contribution in [0.4, 0.5) is 0 Å². The molecule has 0 saturated carbocycles. The van der Waals surface area contributed by atoms with E-state index in [0.717, 1.165) is 5.56 Å². The summed E-state index contributed by atoms with van der Waals surface area (Å²) < 4.78 is 5.18. The largest absolute Gasteiger partial charge is 0.345 e. The number of hydrogen-bond donors (Lipinski definition) is 2. The quantitative estimate of drug-likeness (QED) is 0.878. The lowest BCUT2D eigenvalue weighted by molar-refractivity contribution is -0.120. The van der Waals surface area contributed by atoms with Crippen molar-refractivity contribution in [2.45, 2.75) is 13.0 Å². The van der Waals surface area contributed by atoms with Crippen molar-refractivity contribution in [3.05, 3.63) is 35.1 Å². The lowest BCUT2D eigenvalue weighted by atomic mass is 10.2. The third-order valence-corrected chi connectivity index (χ3v) is 2.89. The second kappa shape index (κ2) is 7.97. The lowest BCUT2D eigenvalue weighted by Crippen LogP contribution is -2.34. The molecular weight excluding hydrogens is 315 g/mol. The van der Waals surface area contributed by atoms with Crippen molar-refractivity contribution in [2.24, 2.45) is 0 Å². The van der Waals surface area contributed by atoms with Gasteiger partial charge in [0.2, 0.25) is 5.91 Å². The van der Waals surface area contributed by atoms with Crippen molar-refractivity contribution in [2.75, 3.05) is 13.6 Å². The summed E-state index contributed by atoms with van der Waals surface area (Å²) in [6, 6.07) is 6.77. The van der Waals surface area contributed by atoms with Crippen LogP contribution < -0.4 is 10.6 Å². The molecule has 21 heavy (non-hydrogen) atoms. The van der Waals surface area contributed by atoms with Gasteiger partial charge in [-0.25, -0.2) is 0 Å². The highest BCUT2D eigenvalue weighted by Crippen LogP contribution is 2.21. The van der Waals surface area contributed by atoms with E-state index < -0.39 is 0 Å².